The van der Waals surface area contributed by atoms with E-state index in [4.69, 9.17) is 5.73 Å². The van der Waals surface area contributed by atoms with Crippen molar-refractivity contribution in [2.75, 3.05) is 0 Å². The van der Waals surface area contributed by atoms with E-state index in [0.29, 0.717) is 11.4 Å². The van der Waals surface area contributed by atoms with Gasteiger partial charge < -0.3 is 57.7 Å². The van der Waals surface area contributed by atoms with Crippen molar-refractivity contribution in [1.29, 1.82) is 0 Å². The summed E-state index contributed by atoms with van der Waals surface area (Å²) >= 11 is 0. The number of carboxylic acids is 1. The van der Waals surface area contributed by atoms with E-state index in [1.807, 2.05) is 38.1 Å². The molecule has 0 radical (unpaired) electrons. The molecule has 3 aromatic heterocycles. The summed E-state index contributed by atoms with van der Waals surface area (Å²) in [6.45, 7) is 9.80. The molecule has 4 aromatic rings. The van der Waals surface area contributed by atoms with E-state index in [0.717, 1.165) is 16.5 Å². The number of carboxylic acid groups (broad SMARTS) is 1. The summed E-state index contributed by atoms with van der Waals surface area (Å²) in [7, 11) is 0. The molecular weight excluding hydrogens is 777 g/mol. The third-order valence-electron chi connectivity index (χ3n) is 9.75. The second-order valence-electron chi connectivity index (χ2n) is 15.6. The van der Waals surface area contributed by atoms with Crippen molar-refractivity contribution in [1.82, 2.24) is 56.8 Å². The minimum atomic E-state index is -1.23. The van der Waals surface area contributed by atoms with Crippen LogP contribution in [0.15, 0.2) is 55.5 Å². The Balaban J connectivity index is 1.40. The molecule has 60 heavy (non-hydrogen) atoms. The van der Waals surface area contributed by atoms with Crippen molar-refractivity contribution in [2.24, 2.45) is 17.6 Å². The molecule has 0 bridgehead atoms. The third kappa shape index (κ3) is 13.2. The fraction of sp³-hybridized carbons (Fsp3) is 0.475. The van der Waals surface area contributed by atoms with E-state index in [9.17, 15) is 38.7 Å². The van der Waals surface area contributed by atoms with Crippen LogP contribution in [-0.4, -0.2) is 114 Å². The van der Waals surface area contributed by atoms with Crippen LogP contribution >= 0.6 is 0 Å². The van der Waals surface area contributed by atoms with E-state index < -0.39 is 89.6 Å². The largest absolute Gasteiger partial charge is 0.480 e. The highest BCUT2D eigenvalue weighted by Gasteiger charge is 2.33. The number of imidazole rings is 2. The fourth-order valence-corrected chi connectivity index (χ4v) is 6.38. The lowest BCUT2D eigenvalue weighted by molar-refractivity contribution is -0.142. The molecule has 7 atom stereocenters. The van der Waals surface area contributed by atoms with Gasteiger partial charge in [0, 0.05) is 60.1 Å². The lowest BCUT2D eigenvalue weighted by Gasteiger charge is -2.27. The SMILES string of the molecule is CC(C)C[C@H](NC(=O)[C@H](Cc1cnc[nH]1)NC(=O)[C@@H](C)NC(=O)[C@@H](NC(=O)[C@H](C)NC(=O)[C@H](Cc1c[nH]c2ccccc12)NC(=O)[C@@H](N)Cc1cnc[nH]1)C(C)C)C(=O)O. The number of nitrogens with one attached hydrogen (secondary N) is 9. The van der Waals surface area contributed by atoms with E-state index in [1.165, 1.54) is 32.7 Å². The number of hydrogen-bond donors (Lipinski definition) is 11. The van der Waals surface area contributed by atoms with Crippen molar-refractivity contribution < 1.29 is 38.7 Å². The molecule has 6 amide bonds. The molecule has 20 heteroatoms. The van der Waals surface area contributed by atoms with Crippen molar-refractivity contribution in [3.05, 3.63) is 72.5 Å². The predicted molar refractivity (Wildman–Crippen MR) is 219 cm³/mol. The molecule has 4 rings (SSSR count). The maximum absolute atomic E-state index is 13.8. The van der Waals surface area contributed by atoms with Crippen molar-refractivity contribution >= 4 is 52.3 Å². The fourth-order valence-electron chi connectivity index (χ4n) is 6.38. The quantitative estimate of drug-likeness (QED) is 0.0489. The highest BCUT2D eigenvalue weighted by Crippen LogP contribution is 2.19. The number of aromatic amines is 3. The minimum absolute atomic E-state index is 0.0419. The molecule has 0 saturated heterocycles. The topological polar surface area (TPSA) is 311 Å². The van der Waals surface area contributed by atoms with Gasteiger partial charge in [-0.1, -0.05) is 45.9 Å². The molecule has 0 unspecified atom stereocenters. The van der Waals surface area contributed by atoms with Crippen LogP contribution in [-0.2, 0) is 52.8 Å². The van der Waals surface area contributed by atoms with Gasteiger partial charge in [-0.05, 0) is 43.7 Å². The average Bonchev–Trinajstić information content (AvgIpc) is 3.99. The van der Waals surface area contributed by atoms with Crippen LogP contribution in [0.3, 0.4) is 0 Å². The number of aromatic nitrogens is 5. The zero-order chi connectivity index (χ0) is 44.1. The number of H-pyrrole nitrogens is 3. The average molecular weight is 833 g/mol. The normalized spacial score (nSPS) is 14.9. The first-order valence-corrected chi connectivity index (χ1v) is 19.7. The number of carbonyl (C=O) groups excluding carboxylic acids is 6. The van der Waals surface area contributed by atoms with Crippen LogP contribution in [0, 0.1) is 11.8 Å². The number of rotatable bonds is 22. The summed E-state index contributed by atoms with van der Waals surface area (Å²) in [6, 6.07) is -0.674. The van der Waals surface area contributed by atoms with Crippen molar-refractivity contribution in [2.45, 2.75) is 110 Å². The number of amides is 6. The zero-order valence-electron chi connectivity index (χ0n) is 34.5. The first-order chi connectivity index (χ1) is 28.4. The zero-order valence-corrected chi connectivity index (χ0v) is 34.5. The maximum atomic E-state index is 13.8. The minimum Gasteiger partial charge on any atom is -0.480 e. The summed E-state index contributed by atoms with van der Waals surface area (Å²) in [5.74, 6) is -5.94. The summed E-state index contributed by atoms with van der Waals surface area (Å²) in [5, 5.41) is 26.2. The first-order valence-electron chi connectivity index (χ1n) is 19.7. The molecule has 324 valence electrons. The second-order valence-corrected chi connectivity index (χ2v) is 15.6. The molecule has 0 saturated carbocycles. The van der Waals surface area contributed by atoms with Gasteiger partial charge in [-0.15, -0.1) is 0 Å². The third-order valence-corrected chi connectivity index (χ3v) is 9.75. The number of nitrogens with two attached hydrogens (primary N) is 1. The highest BCUT2D eigenvalue weighted by molar-refractivity contribution is 5.97. The monoisotopic (exact) mass is 832 g/mol. The van der Waals surface area contributed by atoms with Crippen molar-refractivity contribution in [3.63, 3.8) is 0 Å². The Kier molecular flexibility index (Phi) is 16.5. The highest BCUT2D eigenvalue weighted by atomic mass is 16.4. The second kappa shape index (κ2) is 21.4. The van der Waals surface area contributed by atoms with E-state index >= 15 is 0 Å². The van der Waals surface area contributed by atoms with Gasteiger partial charge in [0.1, 0.15) is 36.3 Å². The van der Waals surface area contributed by atoms with Gasteiger partial charge in [0.05, 0.1) is 18.7 Å². The van der Waals surface area contributed by atoms with Crippen LogP contribution in [0.2, 0.25) is 0 Å². The molecule has 0 spiro atoms. The number of nitrogens with zero attached hydrogens (tertiary/aromatic N) is 2. The number of aliphatic carboxylic acids is 1. The summed E-state index contributed by atoms with van der Waals surface area (Å²) < 4.78 is 0. The van der Waals surface area contributed by atoms with Crippen LogP contribution < -0.4 is 37.6 Å². The van der Waals surface area contributed by atoms with E-state index in [1.54, 1.807) is 26.2 Å². The van der Waals surface area contributed by atoms with Crippen LogP contribution in [0.1, 0.15) is 64.9 Å². The summed E-state index contributed by atoms with van der Waals surface area (Å²) in [6.07, 6.45) is 7.90. The van der Waals surface area contributed by atoms with Gasteiger partial charge in [0.15, 0.2) is 0 Å². The lowest BCUT2D eigenvalue weighted by atomic mass is 10.0. The van der Waals surface area contributed by atoms with Gasteiger partial charge in [-0.25, -0.2) is 14.8 Å². The standard InChI is InChI=1S/C40H56N12O8/c1-20(2)11-32(40(59)60)51-38(57)31(14-26-17-43-19-46-26)49-34(53)22(5)48-39(58)33(21(3)4)52-35(54)23(6)47-37(56)30(12-24-15-44-29-10-8-7-9-27(24)29)50-36(55)28(41)13-25-16-42-18-45-25/h7-10,15-23,28,30-33,44H,11-14,41H2,1-6H3,(H,42,45)(H,43,46)(H,47,56)(H,48,58)(H,49,53)(H,50,55)(H,51,57)(H,52,54)(H,59,60)/t22-,23+,28+,30+,31+,32+,33+/m1/s1. The number of para-hydroxylation sites is 1. The molecule has 1 aromatic carbocycles. The molecule has 20 nitrogen and oxygen atoms in total. The van der Waals surface area contributed by atoms with Crippen molar-refractivity contribution in [3.8, 4) is 0 Å². The Morgan fingerprint density at radius 3 is 1.75 bits per heavy atom. The Morgan fingerprint density at radius 1 is 0.633 bits per heavy atom. The summed E-state index contributed by atoms with van der Waals surface area (Å²) in [5.41, 5.74) is 8.87. The molecule has 0 fully saturated rings. The maximum Gasteiger partial charge on any atom is 0.326 e. The van der Waals surface area contributed by atoms with E-state index in [2.05, 4.69) is 56.8 Å². The Morgan fingerprint density at radius 2 is 1.17 bits per heavy atom. The molecule has 3 heterocycles. The number of carbonyl (C=O) groups is 7. The van der Waals surface area contributed by atoms with Gasteiger partial charge in [0.2, 0.25) is 35.4 Å². The molecular formula is C40H56N12O8. The number of fused-ring (bicyclic) bond motifs is 1. The Labute approximate surface area is 346 Å². The van der Waals surface area contributed by atoms with Gasteiger partial charge >= 0.3 is 5.97 Å². The van der Waals surface area contributed by atoms with Gasteiger partial charge in [-0.3, -0.25) is 28.8 Å². The van der Waals surface area contributed by atoms with Crippen LogP contribution in [0.4, 0.5) is 0 Å². The first kappa shape index (κ1) is 46.1. The van der Waals surface area contributed by atoms with Gasteiger partial charge in [-0.2, -0.15) is 0 Å². The smallest absolute Gasteiger partial charge is 0.326 e. The lowest BCUT2D eigenvalue weighted by Crippen LogP contribution is -2.60. The van der Waals surface area contributed by atoms with Crippen LogP contribution in [0.5, 0.6) is 0 Å². The Bertz CT molecular complexity index is 2080. The molecule has 0 aliphatic rings. The molecule has 12 N–H and O–H groups in total. The predicted octanol–water partition coefficient (Wildman–Crippen LogP) is -0.295. The summed E-state index contributed by atoms with van der Waals surface area (Å²) in [4.78, 5) is 109. The Hall–Kier alpha value is -6.57. The molecule has 0 aliphatic carbocycles. The van der Waals surface area contributed by atoms with E-state index in [-0.39, 0.29) is 31.6 Å². The molecule has 0 aliphatic heterocycles. The number of benzene rings is 1. The van der Waals surface area contributed by atoms with Crippen LogP contribution in [0.25, 0.3) is 10.9 Å². The number of hydrogen-bond acceptors (Lipinski definition) is 10. The van der Waals surface area contributed by atoms with Gasteiger partial charge in [0.25, 0.3) is 0 Å².